The molecule has 0 aliphatic heterocycles. The van der Waals surface area contributed by atoms with Crippen LogP contribution in [0.3, 0.4) is 0 Å². The van der Waals surface area contributed by atoms with Crippen LogP contribution in [0.5, 0.6) is 0 Å². The summed E-state index contributed by atoms with van der Waals surface area (Å²) in [4.78, 5) is 12.8. The van der Waals surface area contributed by atoms with Gasteiger partial charge in [-0.05, 0) is 32.3 Å². The molecular weight excluding hydrogens is 268 g/mol. The van der Waals surface area contributed by atoms with E-state index in [2.05, 4.69) is 5.32 Å². The second-order valence-corrected chi connectivity index (χ2v) is 5.70. The summed E-state index contributed by atoms with van der Waals surface area (Å²) >= 11 is 5.11. The fourth-order valence-electron chi connectivity index (χ4n) is 2.30. The minimum absolute atomic E-state index is 0.0603. The lowest BCUT2D eigenvalue weighted by molar-refractivity contribution is -0.128. The van der Waals surface area contributed by atoms with E-state index in [1.165, 1.54) is 5.56 Å². The van der Waals surface area contributed by atoms with Gasteiger partial charge >= 0.3 is 0 Å². The fraction of sp³-hybridized carbons (Fsp3) is 0.500. The molecule has 0 aliphatic rings. The van der Waals surface area contributed by atoms with E-state index in [0.717, 1.165) is 5.56 Å². The van der Waals surface area contributed by atoms with Gasteiger partial charge < -0.3 is 11.1 Å². The zero-order valence-electron chi connectivity index (χ0n) is 12.7. The van der Waals surface area contributed by atoms with Gasteiger partial charge in [-0.25, -0.2) is 0 Å². The number of amides is 1. The fourth-order valence-corrected chi connectivity index (χ4v) is 2.69. The molecule has 0 aliphatic carbocycles. The molecule has 0 radical (unpaired) electrons. The molecule has 0 spiro atoms. The molecule has 0 bridgehead atoms. The van der Waals surface area contributed by atoms with E-state index in [0.29, 0.717) is 12.8 Å². The van der Waals surface area contributed by atoms with Gasteiger partial charge in [-0.1, -0.05) is 55.9 Å². The topological polar surface area (TPSA) is 55.1 Å². The van der Waals surface area contributed by atoms with Crippen molar-refractivity contribution in [2.45, 2.75) is 46.6 Å². The molecule has 1 amide bonds. The number of aryl methyl sites for hydroxylation is 1. The number of hydrogen-bond donors (Lipinski definition) is 2. The monoisotopic (exact) mass is 292 g/mol. The van der Waals surface area contributed by atoms with Gasteiger partial charge in [0.25, 0.3) is 0 Å². The molecule has 3 N–H and O–H groups in total. The molecule has 0 aromatic heterocycles. The first-order valence-electron chi connectivity index (χ1n) is 7.04. The Morgan fingerprint density at radius 3 is 2.20 bits per heavy atom. The van der Waals surface area contributed by atoms with Gasteiger partial charge in [-0.2, -0.15) is 0 Å². The van der Waals surface area contributed by atoms with Crippen LogP contribution in [0.2, 0.25) is 0 Å². The average molecular weight is 292 g/mol. The second-order valence-electron chi connectivity index (χ2n) is 5.26. The summed E-state index contributed by atoms with van der Waals surface area (Å²) < 4.78 is 0. The Bertz CT molecular complexity index is 478. The van der Waals surface area contributed by atoms with Crippen molar-refractivity contribution in [3.05, 3.63) is 35.4 Å². The highest BCUT2D eigenvalue weighted by atomic mass is 32.1. The molecule has 1 aromatic carbocycles. The number of thiocarbonyl (C=S) groups is 1. The van der Waals surface area contributed by atoms with E-state index in [1.807, 2.05) is 52.0 Å². The van der Waals surface area contributed by atoms with Crippen LogP contribution in [0.15, 0.2) is 24.3 Å². The van der Waals surface area contributed by atoms with Gasteiger partial charge in [-0.3, -0.25) is 4.79 Å². The standard InChI is InChI=1S/C16H24N2OS/c1-5-16(6-2,14(17)20)15(19)18-12(4)13-9-7-11(3)8-10-13/h7-10,12H,5-6H2,1-4H3,(H2,17,20)(H,18,19). The summed E-state index contributed by atoms with van der Waals surface area (Å²) in [6.07, 6.45) is 1.23. The Labute approximate surface area is 126 Å². The molecule has 110 valence electrons. The number of nitrogens with two attached hydrogens (primary N) is 1. The third kappa shape index (κ3) is 3.37. The first-order valence-corrected chi connectivity index (χ1v) is 7.45. The minimum atomic E-state index is -0.742. The summed E-state index contributed by atoms with van der Waals surface area (Å²) in [5.74, 6) is -0.0805. The highest BCUT2D eigenvalue weighted by molar-refractivity contribution is 7.80. The van der Waals surface area contributed by atoms with Crippen molar-refractivity contribution >= 4 is 23.1 Å². The lowest BCUT2D eigenvalue weighted by Crippen LogP contribution is -2.48. The van der Waals surface area contributed by atoms with Crippen LogP contribution in [0.25, 0.3) is 0 Å². The number of carbonyl (C=O) groups is 1. The van der Waals surface area contributed by atoms with Crippen molar-refractivity contribution in [1.29, 1.82) is 0 Å². The molecule has 0 saturated carbocycles. The third-order valence-corrected chi connectivity index (χ3v) is 4.43. The summed E-state index contributed by atoms with van der Waals surface area (Å²) in [5, 5.41) is 3.03. The number of hydrogen-bond acceptors (Lipinski definition) is 2. The zero-order chi connectivity index (χ0) is 15.3. The van der Waals surface area contributed by atoms with Crippen LogP contribution in [0.4, 0.5) is 0 Å². The van der Waals surface area contributed by atoms with E-state index in [-0.39, 0.29) is 16.9 Å². The Morgan fingerprint density at radius 1 is 1.30 bits per heavy atom. The third-order valence-electron chi connectivity index (χ3n) is 4.04. The van der Waals surface area contributed by atoms with Crippen molar-refractivity contribution < 1.29 is 4.79 Å². The Balaban J connectivity index is 2.88. The van der Waals surface area contributed by atoms with Crippen LogP contribution in [-0.2, 0) is 4.79 Å². The van der Waals surface area contributed by atoms with Gasteiger partial charge in [0.05, 0.1) is 16.4 Å². The smallest absolute Gasteiger partial charge is 0.233 e. The van der Waals surface area contributed by atoms with Crippen molar-refractivity contribution in [1.82, 2.24) is 5.32 Å². The first-order chi connectivity index (χ1) is 9.37. The Hall–Kier alpha value is -1.42. The van der Waals surface area contributed by atoms with Gasteiger partial charge in [0.1, 0.15) is 0 Å². The van der Waals surface area contributed by atoms with E-state index >= 15 is 0 Å². The van der Waals surface area contributed by atoms with Crippen molar-refractivity contribution in [3.8, 4) is 0 Å². The highest BCUT2D eigenvalue weighted by Gasteiger charge is 2.38. The molecule has 20 heavy (non-hydrogen) atoms. The molecular formula is C16H24N2OS. The Morgan fingerprint density at radius 2 is 1.80 bits per heavy atom. The maximum Gasteiger partial charge on any atom is 0.233 e. The van der Waals surface area contributed by atoms with Gasteiger partial charge in [-0.15, -0.1) is 0 Å². The largest absolute Gasteiger partial charge is 0.392 e. The highest BCUT2D eigenvalue weighted by Crippen LogP contribution is 2.28. The van der Waals surface area contributed by atoms with Gasteiger partial charge in [0.15, 0.2) is 0 Å². The maximum atomic E-state index is 12.5. The summed E-state index contributed by atoms with van der Waals surface area (Å²) in [6.45, 7) is 7.90. The van der Waals surface area contributed by atoms with Crippen LogP contribution >= 0.6 is 12.2 Å². The van der Waals surface area contributed by atoms with Crippen molar-refractivity contribution in [2.75, 3.05) is 0 Å². The van der Waals surface area contributed by atoms with Gasteiger partial charge in [0.2, 0.25) is 5.91 Å². The Kier molecular flexibility index (Phi) is 5.69. The number of rotatable bonds is 6. The zero-order valence-corrected chi connectivity index (χ0v) is 13.5. The van der Waals surface area contributed by atoms with Crippen molar-refractivity contribution in [3.63, 3.8) is 0 Å². The maximum absolute atomic E-state index is 12.5. The lowest BCUT2D eigenvalue weighted by atomic mass is 9.81. The molecule has 4 heteroatoms. The molecule has 1 atom stereocenters. The quantitative estimate of drug-likeness (QED) is 0.791. The van der Waals surface area contributed by atoms with E-state index in [1.54, 1.807) is 0 Å². The molecule has 1 aromatic rings. The number of nitrogens with one attached hydrogen (secondary N) is 1. The normalized spacial score (nSPS) is 12.8. The molecule has 1 rings (SSSR count). The van der Waals surface area contributed by atoms with Crippen molar-refractivity contribution in [2.24, 2.45) is 11.1 Å². The first kappa shape index (κ1) is 16.6. The summed E-state index contributed by atoms with van der Waals surface area (Å²) in [7, 11) is 0. The lowest BCUT2D eigenvalue weighted by Gasteiger charge is -2.30. The van der Waals surface area contributed by atoms with Crippen LogP contribution < -0.4 is 11.1 Å². The average Bonchev–Trinajstić information content (AvgIpc) is 2.41. The SMILES string of the molecule is CCC(CC)(C(=O)NC(C)c1ccc(C)cc1)C(N)=S. The summed E-state index contributed by atoms with van der Waals surface area (Å²) in [6, 6.07) is 8.08. The minimum Gasteiger partial charge on any atom is -0.392 e. The van der Waals surface area contributed by atoms with Gasteiger partial charge in [0, 0.05) is 0 Å². The number of carbonyl (C=O) groups excluding carboxylic acids is 1. The van der Waals surface area contributed by atoms with Crippen LogP contribution in [0, 0.1) is 12.3 Å². The van der Waals surface area contributed by atoms with Crippen LogP contribution in [-0.4, -0.2) is 10.9 Å². The molecule has 0 fully saturated rings. The molecule has 0 heterocycles. The van der Waals surface area contributed by atoms with Crippen LogP contribution in [0.1, 0.15) is 50.8 Å². The molecule has 1 unspecified atom stereocenters. The number of benzene rings is 1. The summed E-state index contributed by atoms with van der Waals surface area (Å²) in [5.41, 5.74) is 7.33. The van der Waals surface area contributed by atoms with E-state index in [9.17, 15) is 4.79 Å². The van der Waals surface area contributed by atoms with E-state index < -0.39 is 5.41 Å². The molecule has 0 saturated heterocycles. The predicted molar refractivity (Wildman–Crippen MR) is 87.5 cm³/mol. The van der Waals surface area contributed by atoms with E-state index in [4.69, 9.17) is 18.0 Å². The molecule has 3 nitrogen and oxygen atoms in total. The predicted octanol–water partition coefficient (Wildman–Crippen LogP) is 3.26. The second kappa shape index (κ2) is 6.84.